The summed E-state index contributed by atoms with van der Waals surface area (Å²) in [6, 6.07) is 1.53. The zero-order chi connectivity index (χ0) is 11.4. The second-order valence-corrected chi connectivity index (χ2v) is 3.15. The number of ether oxygens (including phenoxy) is 2. The quantitative estimate of drug-likeness (QED) is 0.689. The predicted molar refractivity (Wildman–Crippen MR) is 54.8 cm³/mol. The Hall–Kier alpha value is -1.17. The molecule has 0 aliphatic rings. The van der Waals surface area contributed by atoms with Crippen LogP contribution >= 0.6 is 11.6 Å². The number of methoxy groups -OCH3 is 2. The van der Waals surface area contributed by atoms with Crippen LogP contribution in [0.3, 0.4) is 0 Å². The fourth-order valence-electron chi connectivity index (χ4n) is 1.21. The van der Waals surface area contributed by atoms with Gasteiger partial charge in [-0.15, -0.1) is 0 Å². The van der Waals surface area contributed by atoms with E-state index in [1.807, 2.05) is 5.48 Å². The average Bonchev–Trinajstić information content (AvgIpc) is 2.24. The van der Waals surface area contributed by atoms with E-state index in [1.54, 1.807) is 0 Å². The molecule has 0 spiro atoms. The monoisotopic (exact) mass is 233 g/mol. The second kappa shape index (κ2) is 5.06. The highest BCUT2D eigenvalue weighted by atomic mass is 35.5. The average molecular weight is 234 g/mol. The molecule has 0 saturated carbocycles. The Morgan fingerprint density at radius 2 is 2.07 bits per heavy atom. The van der Waals surface area contributed by atoms with E-state index >= 15 is 0 Å². The van der Waals surface area contributed by atoms with Crippen LogP contribution in [0, 0.1) is 0 Å². The molecule has 6 heteroatoms. The number of rotatable bonds is 4. The number of hydrogen-bond donors (Lipinski definition) is 3. The Kier molecular flexibility index (Phi) is 4.02. The predicted octanol–water partition coefficient (Wildman–Crippen LogP) is 1.54. The normalized spacial score (nSPS) is 10.1. The fourth-order valence-corrected chi connectivity index (χ4v) is 1.50. The van der Waals surface area contributed by atoms with Gasteiger partial charge in [-0.25, -0.2) is 5.48 Å². The highest BCUT2D eigenvalue weighted by Crippen LogP contribution is 2.43. The van der Waals surface area contributed by atoms with Crippen LogP contribution in [0.5, 0.6) is 17.2 Å². The van der Waals surface area contributed by atoms with Crippen LogP contribution in [0.15, 0.2) is 6.07 Å². The number of benzene rings is 1. The van der Waals surface area contributed by atoms with Crippen molar-refractivity contribution in [1.82, 2.24) is 5.48 Å². The van der Waals surface area contributed by atoms with Crippen LogP contribution in [0.25, 0.3) is 0 Å². The maximum Gasteiger partial charge on any atom is 0.183 e. The molecule has 0 atom stereocenters. The Morgan fingerprint density at radius 3 is 2.53 bits per heavy atom. The molecule has 1 aromatic rings. The first-order chi connectivity index (χ1) is 7.15. The molecule has 0 aromatic heterocycles. The summed E-state index contributed by atoms with van der Waals surface area (Å²) < 4.78 is 10.0. The summed E-state index contributed by atoms with van der Waals surface area (Å²) in [4.78, 5) is 0. The molecule has 0 aliphatic heterocycles. The van der Waals surface area contributed by atoms with Gasteiger partial charge in [0.05, 0.1) is 14.2 Å². The highest BCUT2D eigenvalue weighted by Gasteiger charge is 2.17. The SMILES string of the molecule is COc1cc(CNO)c(O)c(Cl)c1OC. The van der Waals surface area contributed by atoms with Crippen molar-refractivity contribution in [3.8, 4) is 17.2 Å². The largest absolute Gasteiger partial charge is 0.506 e. The van der Waals surface area contributed by atoms with Gasteiger partial charge >= 0.3 is 0 Å². The minimum absolute atomic E-state index is 0.0575. The summed E-state index contributed by atoms with van der Waals surface area (Å²) in [6.07, 6.45) is 0. The third kappa shape index (κ3) is 2.26. The summed E-state index contributed by atoms with van der Waals surface area (Å²) in [6.45, 7) is 0.0614. The number of phenols is 1. The zero-order valence-corrected chi connectivity index (χ0v) is 9.13. The summed E-state index contributed by atoms with van der Waals surface area (Å²) in [5.41, 5.74) is 2.34. The summed E-state index contributed by atoms with van der Waals surface area (Å²) >= 11 is 5.85. The number of nitrogens with one attached hydrogen (secondary N) is 1. The van der Waals surface area contributed by atoms with Gasteiger partial charge in [0.15, 0.2) is 11.5 Å². The van der Waals surface area contributed by atoms with Crippen LogP contribution in [0.4, 0.5) is 0 Å². The lowest BCUT2D eigenvalue weighted by Crippen LogP contribution is -2.07. The van der Waals surface area contributed by atoms with E-state index in [9.17, 15) is 5.11 Å². The molecule has 5 nitrogen and oxygen atoms in total. The molecule has 0 saturated heterocycles. The Balaban J connectivity index is 3.29. The number of hydroxylamine groups is 1. The van der Waals surface area contributed by atoms with Gasteiger partial charge < -0.3 is 19.8 Å². The molecule has 0 radical (unpaired) electrons. The molecule has 1 rings (SSSR count). The Bertz CT molecular complexity index is 356. The van der Waals surface area contributed by atoms with Gasteiger partial charge in [0.25, 0.3) is 0 Å². The zero-order valence-electron chi connectivity index (χ0n) is 8.37. The van der Waals surface area contributed by atoms with Crippen molar-refractivity contribution in [3.63, 3.8) is 0 Å². The van der Waals surface area contributed by atoms with Gasteiger partial charge in [-0.1, -0.05) is 11.6 Å². The van der Waals surface area contributed by atoms with Gasteiger partial charge in [0.2, 0.25) is 0 Å². The summed E-state index contributed by atoms with van der Waals surface area (Å²) in [5, 5.41) is 18.2. The third-order valence-corrected chi connectivity index (χ3v) is 2.28. The first-order valence-corrected chi connectivity index (χ1v) is 4.52. The fraction of sp³-hybridized carbons (Fsp3) is 0.333. The molecule has 3 N–H and O–H groups in total. The van der Waals surface area contributed by atoms with Crippen LogP contribution in [-0.4, -0.2) is 24.5 Å². The highest BCUT2D eigenvalue weighted by molar-refractivity contribution is 6.33. The third-order valence-electron chi connectivity index (χ3n) is 1.93. The first kappa shape index (κ1) is 11.9. The molecule has 0 bridgehead atoms. The number of hydrogen-bond acceptors (Lipinski definition) is 5. The van der Waals surface area contributed by atoms with Crippen molar-refractivity contribution in [2.75, 3.05) is 14.2 Å². The van der Waals surface area contributed by atoms with Gasteiger partial charge in [-0.2, -0.15) is 0 Å². The van der Waals surface area contributed by atoms with E-state index < -0.39 is 0 Å². The first-order valence-electron chi connectivity index (χ1n) is 4.15. The van der Waals surface area contributed by atoms with Gasteiger partial charge in [0.1, 0.15) is 10.8 Å². The lowest BCUT2D eigenvalue weighted by atomic mass is 10.1. The van der Waals surface area contributed by atoms with Crippen molar-refractivity contribution in [2.45, 2.75) is 6.54 Å². The molecule has 84 valence electrons. The lowest BCUT2D eigenvalue weighted by Gasteiger charge is -2.13. The molecule has 15 heavy (non-hydrogen) atoms. The van der Waals surface area contributed by atoms with E-state index in [2.05, 4.69) is 0 Å². The van der Waals surface area contributed by atoms with E-state index in [-0.39, 0.29) is 23.1 Å². The van der Waals surface area contributed by atoms with Crippen molar-refractivity contribution < 1.29 is 19.8 Å². The number of halogens is 1. The van der Waals surface area contributed by atoms with Crippen LogP contribution in [0.2, 0.25) is 5.02 Å². The Labute approximate surface area is 92.1 Å². The van der Waals surface area contributed by atoms with Gasteiger partial charge in [0, 0.05) is 12.1 Å². The molecule has 0 fully saturated rings. The second-order valence-electron chi connectivity index (χ2n) is 2.77. The summed E-state index contributed by atoms with van der Waals surface area (Å²) in [5.74, 6) is 0.514. The minimum atomic E-state index is -0.143. The van der Waals surface area contributed by atoms with E-state index in [0.29, 0.717) is 11.3 Å². The molecule has 0 amide bonds. The topological polar surface area (TPSA) is 71.0 Å². The van der Waals surface area contributed by atoms with Crippen LogP contribution in [0.1, 0.15) is 5.56 Å². The molecular weight excluding hydrogens is 222 g/mol. The molecule has 0 unspecified atom stereocenters. The van der Waals surface area contributed by atoms with Crippen molar-refractivity contribution in [2.24, 2.45) is 0 Å². The maximum atomic E-state index is 9.64. The van der Waals surface area contributed by atoms with E-state index in [1.165, 1.54) is 20.3 Å². The molecular formula is C9H12ClNO4. The molecule has 0 aliphatic carbocycles. The lowest BCUT2D eigenvalue weighted by molar-refractivity contribution is 0.160. The van der Waals surface area contributed by atoms with Crippen molar-refractivity contribution >= 4 is 11.6 Å². The van der Waals surface area contributed by atoms with Crippen LogP contribution < -0.4 is 15.0 Å². The van der Waals surface area contributed by atoms with E-state index in [0.717, 1.165) is 0 Å². The minimum Gasteiger partial charge on any atom is -0.506 e. The van der Waals surface area contributed by atoms with Gasteiger partial charge in [-0.05, 0) is 6.07 Å². The smallest absolute Gasteiger partial charge is 0.183 e. The van der Waals surface area contributed by atoms with Crippen molar-refractivity contribution in [1.29, 1.82) is 0 Å². The Morgan fingerprint density at radius 1 is 1.40 bits per heavy atom. The summed E-state index contributed by atoms with van der Waals surface area (Å²) in [7, 11) is 2.88. The number of aromatic hydroxyl groups is 1. The van der Waals surface area contributed by atoms with E-state index in [4.69, 9.17) is 26.3 Å². The maximum absolute atomic E-state index is 9.64. The van der Waals surface area contributed by atoms with Crippen LogP contribution in [-0.2, 0) is 6.54 Å². The molecule has 1 aromatic carbocycles. The molecule has 0 heterocycles. The van der Waals surface area contributed by atoms with Crippen molar-refractivity contribution in [3.05, 3.63) is 16.7 Å². The standard InChI is InChI=1S/C9H12ClNO4/c1-14-6-3-5(4-11-13)8(12)7(10)9(6)15-2/h3,11-13H,4H2,1-2H3. The number of phenolic OH excluding ortho intramolecular Hbond substituents is 1. The van der Waals surface area contributed by atoms with Gasteiger partial charge in [-0.3, -0.25) is 0 Å².